The molecule has 0 radical (unpaired) electrons. The Bertz CT molecular complexity index is 454. The molecule has 0 spiro atoms. The van der Waals surface area contributed by atoms with Gasteiger partial charge in [0.15, 0.2) is 0 Å². The fourth-order valence-electron chi connectivity index (χ4n) is 1.16. The van der Waals surface area contributed by atoms with Crippen molar-refractivity contribution in [2.24, 2.45) is 0 Å². The van der Waals surface area contributed by atoms with E-state index in [1.165, 1.54) is 6.07 Å². The van der Waals surface area contributed by atoms with Gasteiger partial charge in [-0.2, -0.15) is 0 Å². The molecule has 0 unspecified atom stereocenters. The lowest BCUT2D eigenvalue weighted by Gasteiger charge is -2.10. The second kappa shape index (κ2) is 4.51. The van der Waals surface area contributed by atoms with Crippen LogP contribution >= 0.6 is 11.6 Å². The Kier molecular flexibility index (Phi) is 3.76. The summed E-state index contributed by atoms with van der Waals surface area (Å²) in [6.07, 6.45) is 0. The number of sulfonamides is 1. The molecule has 0 aliphatic heterocycles. The monoisotopic (exact) mass is 247 g/mol. The first-order chi connectivity index (χ1) is 6.83. The van der Waals surface area contributed by atoms with Crippen molar-refractivity contribution in [2.75, 3.05) is 0 Å². The van der Waals surface area contributed by atoms with Gasteiger partial charge in [-0.3, -0.25) is 0 Å². The minimum atomic E-state index is -3.41. The highest BCUT2D eigenvalue weighted by Gasteiger charge is 2.15. The third-order valence-electron chi connectivity index (χ3n) is 1.83. The van der Waals surface area contributed by atoms with Gasteiger partial charge in [-0.1, -0.05) is 11.6 Å². The highest BCUT2D eigenvalue weighted by molar-refractivity contribution is 7.89. The summed E-state index contributed by atoms with van der Waals surface area (Å²) in [5, 5.41) is 0.568. The molecule has 1 aromatic carbocycles. The van der Waals surface area contributed by atoms with Crippen molar-refractivity contribution in [1.82, 2.24) is 4.72 Å². The molecule has 0 saturated heterocycles. The normalized spacial score (nSPS) is 12.1. The molecule has 0 fully saturated rings. The van der Waals surface area contributed by atoms with Crippen LogP contribution in [0.1, 0.15) is 19.4 Å². The first-order valence-electron chi connectivity index (χ1n) is 4.61. The van der Waals surface area contributed by atoms with Crippen LogP contribution in [0.15, 0.2) is 23.1 Å². The van der Waals surface area contributed by atoms with Crippen molar-refractivity contribution in [3.63, 3.8) is 0 Å². The summed E-state index contributed by atoms with van der Waals surface area (Å²) in [6, 6.07) is 4.53. The van der Waals surface area contributed by atoms with Crippen LogP contribution in [0.3, 0.4) is 0 Å². The van der Waals surface area contributed by atoms with Crippen molar-refractivity contribution in [3.05, 3.63) is 28.8 Å². The Morgan fingerprint density at radius 2 is 1.93 bits per heavy atom. The van der Waals surface area contributed by atoms with E-state index in [0.29, 0.717) is 5.02 Å². The lowest BCUT2D eigenvalue weighted by molar-refractivity contribution is 0.570. The number of benzene rings is 1. The van der Waals surface area contributed by atoms with Gasteiger partial charge in [0.2, 0.25) is 10.0 Å². The van der Waals surface area contributed by atoms with Crippen molar-refractivity contribution >= 4 is 21.6 Å². The second-order valence-corrected chi connectivity index (χ2v) is 5.81. The van der Waals surface area contributed by atoms with Gasteiger partial charge in [0, 0.05) is 11.1 Å². The molecule has 0 heterocycles. The summed E-state index contributed by atoms with van der Waals surface area (Å²) in [4.78, 5) is 0.248. The number of hydrogen-bond acceptors (Lipinski definition) is 2. The van der Waals surface area contributed by atoms with Gasteiger partial charge in [-0.05, 0) is 44.5 Å². The molecular formula is C10H14ClNO2S. The van der Waals surface area contributed by atoms with Gasteiger partial charge in [-0.15, -0.1) is 0 Å². The van der Waals surface area contributed by atoms with E-state index < -0.39 is 10.0 Å². The molecule has 0 aliphatic carbocycles. The molecule has 1 rings (SSSR count). The summed E-state index contributed by atoms with van der Waals surface area (Å²) < 4.78 is 26.0. The summed E-state index contributed by atoms with van der Waals surface area (Å²) in [5.41, 5.74) is 0.753. The molecule has 0 saturated carbocycles. The van der Waals surface area contributed by atoms with Crippen LogP contribution < -0.4 is 4.72 Å². The standard InChI is InChI=1S/C10H14ClNO2S/c1-7(2)12-15(13,14)9-4-5-10(11)8(3)6-9/h4-7,12H,1-3H3. The minimum Gasteiger partial charge on any atom is -0.209 e. The predicted octanol–water partition coefficient (Wildman–Crippen LogP) is 2.34. The van der Waals surface area contributed by atoms with E-state index in [2.05, 4.69) is 4.72 Å². The quantitative estimate of drug-likeness (QED) is 0.891. The molecule has 0 atom stereocenters. The molecule has 15 heavy (non-hydrogen) atoms. The van der Waals surface area contributed by atoms with Crippen molar-refractivity contribution in [1.29, 1.82) is 0 Å². The van der Waals surface area contributed by atoms with E-state index in [1.54, 1.807) is 32.9 Å². The maximum Gasteiger partial charge on any atom is 0.240 e. The van der Waals surface area contributed by atoms with Crippen molar-refractivity contribution in [2.45, 2.75) is 31.7 Å². The summed E-state index contributed by atoms with van der Waals surface area (Å²) in [5.74, 6) is 0. The van der Waals surface area contributed by atoms with Crippen LogP contribution in [0.25, 0.3) is 0 Å². The largest absolute Gasteiger partial charge is 0.240 e. The Balaban J connectivity index is 3.11. The van der Waals surface area contributed by atoms with Crippen LogP contribution in [0.5, 0.6) is 0 Å². The Hall–Kier alpha value is -0.580. The van der Waals surface area contributed by atoms with Gasteiger partial charge in [0.05, 0.1) is 4.90 Å². The van der Waals surface area contributed by atoms with Crippen molar-refractivity contribution < 1.29 is 8.42 Å². The molecule has 0 aliphatic rings. The van der Waals surface area contributed by atoms with E-state index in [-0.39, 0.29) is 10.9 Å². The van der Waals surface area contributed by atoms with Crippen LogP contribution in [0.4, 0.5) is 0 Å². The third kappa shape index (κ3) is 3.19. The molecule has 0 bridgehead atoms. The predicted molar refractivity (Wildman–Crippen MR) is 61.6 cm³/mol. The molecule has 0 aromatic heterocycles. The maximum atomic E-state index is 11.8. The van der Waals surface area contributed by atoms with Crippen LogP contribution in [0, 0.1) is 6.92 Å². The smallest absolute Gasteiger partial charge is 0.209 e. The molecule has 3 nitrogen and oxygen atoms in total. The highest BCUT2D eigenvalue weighted by atomic mass is 35.5. The number of nitrogens with one attached hydrogen (secondary N) is 1. The fraction of sp³-hybridized carbons (Fsp3) is 0.400. The highest BCUT2D eigenvalue weighted by Crippen LogP contribution is 2.19. The van der Waals surface area contributed by atoms with Gasteiger partial charge < -0.3 is 0 Å². The lowest BCUT2D eigenvalue weighted by Crippen LogP contribution is -2.30. The zero-order chi connectivity index (χ0) is 11.6. The topological polar surface area (TPSA) is 46.2 Å². The molecular weight excluding hydrogens is 234 g/mol. The zero-order valence-corrected chi connectivity index (χ0v) is 10.5. The van der Waals surface area contributed by atoms with E-state index in [9.17, 15) is 8.42 Å². The number of aryl methyl sites for hydroxylation is 1. The van der Waals surface area contributed by atoms with Crippen LogP contribution in [-0.4, -0.2) is 14.5 Å². The fourth-order valence-corrected chi connectivity index (χ4v) is 2.62. The van der Waals surface area contributed by atoms with Crippen molar-refractivity contribution in [3.8, 4) is 0 Å². The SMILES string of the molecule is Cc1cc(S(=O)(=O)NC(C)C)ccc1Cl. The van der Waals surface area contributed by atoms with E-state index >= 15 is 0 Å². The van der Waals surface area contributed by atoms with E-state index in [1.807, 2.05) is 0 Å². The number of rotatable bonds is 3. The Morgan fingerprint density at radius 3 is 2.40 bits per heavy atom. The summed E-state index contributed by atoms with van der Waals surface area (Å²) in [7, 11) is -3.41. The first kappa shape index (κ1) is 12.5. The average molecular weight is 248 g/mol. The summed E-state index contributed by atoms with van der Waals surface area (Å²) in [6.45, 7) is 5.33. The van der Waals surface area contributed by atoms with E-state index in [4.69, 9.17) is 11.6 Å². The maximum absolute atomic E-state index is 11.8. The Morgan fingerprint density at radius 1 is 1.33 bits per heavy atom. The summed E-state index contributed by atoms with van der Waals surface area (Å²) >= 11 is 5.82. The first-order valence-corrected chi connectivity index (χ1v) is 6.47. The van der Waals surface area contributed by atoms with Gasteiger partial charge in [0.1, 0.15) is 0 Å². The zero-order valence-electron chi connectivity index (χ0n) is 8.91. The Labute approximate surface area is 95.5 Å². The minimum absolute atomic E-state index is 0.119. The number of hydrogen-bond donors (Lipinski definition) is 1. The molecule has 84 valence electrons. The van der Waals surface area contributed by atoms with E-state index in [0.717, 1.165) is 5.56 Å². The second-order valence-electron chi connectivity index (χ2n) is 3.69. The molecule has 5 heteroatoms. The third-order valence-corrected chi connectivity index (χ3v) is 3.91. The van der Waals surface area contributed by atoms with Gasteiger partial charge >= 0.3 is 0 Å². The molecule has 0 amide bonds. The lowest BCUT2D eigenvalue weighted by atomic mass is 10.2. The van der Waals surface area contributed by atoms with Crippen LogP contribution in [-0.2, 0) is 10.0 Å². The number of halogens is 1. The molecule has 1 N–H and O–H groups in total. The average Bonchev–Trinajstić information content (AvgIpc) is 2.07. The van der Waals surface area contributed by atoms with Gasteiger partial charge in [0.25, 0.3) is 0 Å². The molecule has 1 aromatic rings. The van der Waals surface area contributed by atoms with Crippen LogP contribution in [0.2, 0.25) is 5.02 Å². The van der Waals surface area contributed by atoms with Gasteiger partial charge in [-0.25, -0.2) is 13.1 Å².